The highest BCUT2D eigenvalue weighted by Gasteiger charge is 2.23. The number of benzene rings is 2. The van der Waals surface area contributed by atoms with Crippen molar-refractivity contribution in [3.05, 3.63) is 65.2 Å². The van der Waals surface area contributed by atoms with Gasteiger partial charge in [-0.2, -0.15) is 0 Å². The van der Waals surface area contributed by atoms with Gasteiger partial charge in [-0.3, -0.25) is 0 Å². The number of aliphatic hydroxyl groups is 1. The van der Waals surface area contributed by atoms with Gasteiger partial charge in [-0.25, -0.2) is 0 Å². The Bertz CT molecular complexity index is 548. The Morgan fingerprint density at radius 1 is 1.05 bits per heavy atom. The van der Waals surface area contributed by atoms with Gasteiger partial charge in [0.1, 0.15) is 5.75 Å². The topological polar surface area (TPSA) is 29.5 Å². The standard InChI is InChI=1S/C17H18O2/c18-11-14-7-9-17-16(10-14)15(12-19-17)8-6-13-4-2-1-3-5-13/h1-5,7,9-10,15,18H,6,8,11-12H2. The van der Waals surface area contributed by atoms with Gasteiger partial charge in [0.2, 0.25) is 0 Å². The molecule has 1 aliphatic rings. The van der Waals surface area contributed by atoms with Crippen molar-refractivity contribution in [1.82, 2.24) is 0 Å². The maximum atomic E-state index is 9.22. The first kappa shape index (κ1) is 12.2. The molecule has 2 heteroatoms. The number of hydrogen-bond donors (Lipinski definition) is 1. The second-order valence-electron chi connectivity index (χ2n) is 5.06. The molecule has 0 amide bonds. The van der Waals surface area contributed by atoms with Crippen LogP contribution in [0.1, 0.15) is 29.0 Å². The average molecular weight is 254 g/mol. The maximum absolute atomic E-state index is 9.22. The molecule has 3 rings (SSSR count). The zero-order chi connectivity index (χ0) is 13.1. The van der Waals surface area contributed by atoms with Crippen LogP contribution in [0.4, 0.5) is 0 Å². The van der Waals surface area contributed by atoms with E-state index in [0.29, 0.717) is 5.92 Å². The second kappa shape index (κ2) is 5.45. The Balaban J connectivity index is 1.72. The second-order valence-corrected chi connectivity index (χ2v) is 5.06. The van der Waals surface area contributed by atoms with Crippen LogP contribution in [-0.4, -0.2) is 11.7 Å². The van der Waals surface area contributed by atoms with Gasteiger partial charge in [-0.1, -0.05) is 36.4 Å². The maximum Gasteiger partial charge on any atom is 0.122 e. The summed E-state index contributed by atoms with van der Waals surface area (Å²) in [6.45, 7) is 0.857. The lowest BCUT2D eigenvalue weighted by Crippen LogP contribution is -2.02. The van der Waals surface area contributed by atoms with Crippen LogP contribution in [0.25, 0.3) is 0 Å². The molecule has 1 unspecified atom stereocenters. The van der Waals surface area contributed by atoms with Crippen molar-refractivity contribution in [2.45, 2.75) is 25.4 Å². The largest absolute Gasteiger partial charge is 0.493 e. The number of fused-ring (bicyclic) bond motifs is 1. The molecule has 2 aromatic rings. The molecule has 1 aliphatic heterocycles. The van der Waals surface area contributed by atoms with Crippen LogP contribution >= 0.6 is 0 Å². The lowest BCUT2D eigenvalue weighted by Gasteiger charge is -2.09. The van der Waals surface area contributed by atoms with E-state index < -0.39 is 0 Å². The van der Waals surface area contributed by atoms with Crippen LogP contribution in [0.2, 0.25) is 0 Å². The average Bonchev–Trinajstić information content (AvgIpc) is 2.88. The minimum absolute atomic E-state index is 0.0959. The molecule has 0 saturated heterocycles. The summed E-state index contributed by atoms with van der Waals surface area (Å²) in [6.07, 6.45) is 2.16. The number of ether oxygens (including phenoxy) is 1. The fraction of sp³-hybridized carbons (Fsp3) is 0.294. The van der Waals surface area contributed by atoms with Crippen molar-refractivity contribution in [2.24, 2.45) is 0 Å². The smallest absolute Gasteiger partial charge is 0.122 e. The molecule has 19 heavy (non-hydrogen) atoms. The lowest BCUT2D eigenvalue weighted by molar-refractivity contribution is 0.281. The van der Waals surface area contributed by atoms with Crippen LogP contribution in [-0.2, 0) is 13.0 Å². The first-order valence-electron chi connectivity index (χ1n) is 6.77. The quantitative estimate of drug-likeness (QED) is 0.907. The van der Waals surface area contributed by atoms with E-state index in [2.05, 4.69) is 30.3 Å². The van der Waals surface area contributed by atoms with Crippen molar-refractivity contribution in [2.75, 3.05) is 6.61 Å². The zero-order valence-corrected chi connectivity index (χ0v) is 10.9. The summed E-state index contributed by atoms with van der Waals surface area (Å²) in [5.74, 6) is 1.43. The van der Waals surface area contributed by atoms with E-state index in [0.717, 1.165) is 30.8 Å². The van der Waals surface area contributed by atoms with Gasteiger partial charge in [0.05, 0.1) is 13.2 Å². The molecule has 2 aromatic carbocycles. The van der Waals surface area contributed by atoms with E-state index in [1.54, 1.807) is 0 Å². The lowest BCUT2D eigenvalue weighted by atomic mass is 9.93. The van der Waals surface area contributed by atoms with Crippen LogP contribution in [0.15, 0.2) is 48.5 Å². The van der Waals surface area contributed by atoms with E-state index >= 15 is 0 Å². The van der Waals surface area contributed by atoms with Crippen LogP contribution < -0.4 is 4.74 Å². The molecule has 0 saturated carbocycles. The molecular weight excluding hydrogens is 236 g/mol. The molecule has 0 aromatic heterocycles. The van der Waals surface area contributed by atoms with Gasteiger partial charge in [0, 0.05) is 11.5 Å². The molecule has 0 radical (unpaired) electrons. The minimum atomic E-state index is 0.0959. The van der Waals surface area contributed by atoms with E-state index in [1.165, 1.54) is 11.1 Å². The Morgan fingerprint density at radius 3 is 2.68 bits per heavy atom. The third kappa shape index (κ3) is 2.64. The zero-order valence-electron chi connectivity index (χ0n) is 10.9. The number of rotatable bonds is 4. The number of hydrogen-bond acceptors (Lipinski definition) is 2. The summed E-state index contributed by atoms with van der Waals surface area (Å²) in [5, 5.41) is 9.22. The van der Waals surface area contributed by atoms with Gasteiger partial charge in [-0.05, 0) is 36.1 Å². The normalized spacial score (nSPS) is 17.0. The highest BCUT2D eigenvalue weighted by molar-refractivity contribution is 5.42. The molecule has 2 nitrogen and oxygen atoms in total. The summed E-state index contributed by atoms with van der Waals surface area (Å²) in [5.41, 5.74) is 3.59. The summed E-state index contributed by atoms with van der Waals surface area (Å²) in [4.78, 5) is 0. The molecule has 98 valence electrons. The molecule has 0 aliphatic carbocycles. The first-order valence-corrected chi connectivity index (χ1v) is 6.77. The Labute approximate surface area is 113 Å². The highest BCUT2D eigenvalue weighted by atomic mass is 16.5. The van der Waals surface area contributed by atoms with Gasteiger partial charge in [-0.15, -0.1) is 0 Å². The van der Waals surface area contributed by atoms with Crippen LogP contribution in [0, 0.1) is 0 Å². The minimum Gasteiger partial charge on any atom is -0.493 e. The van der Waals surface area contributed by atoms with Gasteiger partial charge in [0.25, 0.3) is 0 Å². The van der Waals surface area contributed by atoms with Gasteiger partial charge in [0.15, 0.2) is 0 Å². The third-order valence-corrected chi connectivity index (χ3v) is 3.76. The highest BCUT2D eigenvalue weighted by Crippen LogP contribution is 2.37. The molecule has 1 N–H and O–H groups in total. The summed E-state index contributed by atoms with van der Waals surface area (Å²) >= 11 is 0. The van der Waals surface area contributed by atoms with Crippen molar-refractivity contribution in [1.29, 1.82) is 0 Å². The van der Waals surface area contributed by atoms with Crippen LogP contribution in [0.5, 0.6) is 5.75 Å². The molecule has 1 atom stereocenters. The van der Waals surface area contributed by atoms with Gasteiger partial charge < -0.3 is 9.84 Å². The monoisotopic (exact) mass is 254 g/mol. The van der Waals surface area contributed by atoms with E-state index in [4.69, 9.17) is 4.74 Å². The van der Waals surface area contributed by atoms with E-state index in [9.17, 15) is 5.11 Å². The van der Waals surface area contributed by atoms with Crippen molar-refractivity contribution < 1.29 is 9.84 Å². The fourth-order valence-corrected chi connectivity index (χ4v) is 2.65. The summed E-state index contributed by atoms with van der Waals surface area (Å²) in [7, 11) is 0. The Kier molecular flexibility index (Phi) is 3.51. The fourth-order valence-electron chi connectivity index (χ4n) is 2.65. The molecule has 1 heterocycles. The van der Waals surface area contributed by atoms with Gasteiger partial charge >= 0.3 is 0 Å². The van der Waals surface area contributed by atoms with Crippen LogP contribution in [0.3, 0.4) is 0 Å². The molecule has 0 spiro atoms. The summed E-state index contributed by atoms with van der Waals surface area (Å²) in [6, 6.07) is 16.5. The van der Waals surface area contributed by atoms with E-state index in [1.807, 2.05) is 18.2 Å². The first-order chi connectivity index (χ1) is 9.36. The Hall–Kier alpha value is -1.80. The third-order valence-electron chi connectivity index (χ3n) is 3.76. The van der Waals surface area contributed by atoms with E-state index in [-0.39, 0.29) is 6.61 Å². The SMILES string of the molecule is OCc1ccc2c(c1)C(CCc1ccccc1)CO2. The number of aliphatic hydroxyl groups excluding tert-OH is 1. The summed E-state index contributed by atoms with van der Waals surface area (Å²) < 4.78 is 5.72. The Morgan fingerprint density at radius 2 is 1.89 bits per heavy atom. The van der Waals surface area contributed by atoms with Crippen molar-refractivity contribution in [3.63, 3.8) is 0 Å². The molecular formula is C17H18O2. The predicted octanol–water partition coefficient (Wildman–Crippen LogP) is 3.29. The number of aryl methyl sites for hydroxylation is 1. The van der Waals surface area contributed by atoms with Crippen molar-refractivity contribution in [3.8, 4) is 5.75 Å². The molecule has 0 fully saturated rings. The molecule has 0 bridgehead atoms. The predicted molar refractivity (Wildman–Crippen MR) is 75.4 cm³/mol. The van der Waals surface area contributed by atoms with Crippen molar-refractivity contribution >= 4 is 0 Å².